The van der Waals surface area contributed by atoms with Gasteiger partial charge in [-0.05, 0) is 57.3 Å². The Bertz CT molecular complexity index is 886. The van der Waals surface area contributed by atoms with Gasteiger partial charge in [0.1, 0.15) is 11.6 Å². The second-order valence-corrected chi connectivity index (χ2v) is 8.11. The van der Waals surface area contributed by atoms with E-state index < -0.39 is 0 Å². The van der Waals surface area contributed by atoms with Crippen LogP contribution in [0, 0.1) is 5.82 Å². The zero-order valence-corrected chi connectivity index (χ0v) is 19.0. The van der Waals surface area contributed by atoms with Crippen molar-refractivity contribution in [3.8, 4) is 5.75 Å². The minimum atomic E-state index is -0.172. The first-order valence-corrected chi connectivity index (χ1v) is 10.8. The van der Waals surface area contributed by atoms with Crippen LogP contribution in [0.15, 0.2) is 47.5 Å². The van der Waals surface area contributed by atoms with Gasteiger partial charge in [0, 0.05) is 37.8 Å². The summed E-state index contributed by atoms with van der Waals surface area (Å²) in [6.07, 6.45) is 1.02. The third-order valence-electron chi connectivity index (χ3n) is 5.32. The van der Waals surface area contributed by atoms with E-state index >= 15 is 0 Å². The van der Waals surface area contributed by atoms with E-state index in [9.17, 15) is 4.39 Å². The van der Waals surface area contributed by atoms with Crippen LogP contribution in [-0.2, 0) is 13.1 Å². The van der Waals surface area contributed by atoms with Gasteiger partial charge in [0.25, 0.3) is 0 Å². The van der Waals surface area contributed by atoms with Crippen LogP contribution >= 0.6 is 0 Å². The van der Waals surface area contributed by atoms with E-state index in [-0.39, 0.29) is 5.82 Å². The molecular formula is C24H34FN5O. The van der Waals surface area contributed by atoms with E-state index in [1.165, 1.54) is 6.07 Å². The Morgan fingerprint density at radius 1 is 1.26 bits per heavy atom. The van der Waals surface area contributed by atoms with Gasteiger partial charge in [0.2, 0.25) is 0 Å². The van der Waals surface area contributed by atoms with Gasteiger partial charge in [-0.25, -0.2) is 9.38 Å². The Labute approximate surface area is 185 Å². The van der Waals surface area contributed by atoms with Crippen LogP contribution in [0.3, 0.4) is 0 Å². The van der Waals surface area contributed by atoms with Gasteiger partial charge in [-0.2, -0.15) is 0 Å². The fraction of sp³-hybridized carbons (Fsp3) is 0.458. The molecule has 0 radical (unpaired) electrons. The summed E-state index contributed by atoms with van der Waals surface area (Å²) in [5.74, 6) is 1.51. The summed E-state index contributed by atoms with van der Waals surface area (Å²) >= 11 is 0. The number of nitrogens with one attached hydrogen (secondary N) is 2. The predicted octanol–water partition coefficient (Wildman–Crippen LogP) is 3.23. The number of methoxy groups -OCH3 is 1. The standard InChI is InChI=1S/C24H34FN5O/c1-5-26-24(27-15-18-10-11-21(25)19(14-18)16-29(2)3)28-20-12-13-30(17-20)22-8-6-7-9-23(22)31-4/h6-11,14,20H,5,12-13,15-17H2,1-4H3,(H2,26,27,28). The maximum Gasteiger partial charge on any atom is 0.191 e. The van der Waals surface area contributed by atoms with Gasteiger partial charge in [-0.3, -0.25) is 0 Å². The molecule has 7 heteroatoms. The van der Waals surface area contributed by atoms with Crippen molar-refractivity contribution in [3.05, 3.63) is 59.4 Å². The van der Waals surface area contributed by atoms with E-state index in [1.54, 1.807) is 13.2 Å². The largest absolute Gasteiger partial charge is 0.495 e. The summed E-state index contributed by atoms with van der Waals surface area (Å²) in [6, 6.07) is 13.7. The molecule has 1 atom stereocenters. The number of halogens is 1. The molecule has 0 amide bonds. The molecule has 168 valence electrons. The molecule has 0 aliphatic carbocycles. The second-order valence-electron chi connectivity index (χ2n) is 8.11. The predicted molar refractivity (Wildman–Crippen MR) is 125 cm³/mol. The lowest BCUT2D eigenvalue weighted by Crippen LogP contribution is -2.44. The third kappa shape index (κ3) is 6.34. The molecular weight excluding hydrogens is 393 g/mol. The molecule has 3 rings (SSSR count). The maximum absolute atomic E-state index is 14.1. The number of hydrogen-bond donors (Lipinski definition) is 2. The molecule has 0 spiro atoms. The lowest BCUT2D eigenvalue weighted by atomic mass is 10.1. The molecule has 0 bridgehead atoms. The lowest BCUT2D eigenvalue weighted by molar-refractivity contribution is 0.392. The number of ether oxygens (including phenoxy) is 1. The summed E-state index contributed by atoms with van der Waals surface area (Å²) in [5, 5.41) is 6.89. The highest BCUT2D eigenvalue weighted by atomic mass is 19.1. The number of benzene rings is 2. The fourth-order valence-electron chi connectivity index (χ4n) is 3.86. The summed E-state index contributed by atoms with van der Waals surface area (Å²) in [4.78, 5) is 9.05. The van der Waals surface area contributed by atoms with Crippen molar-refractivity contribution in [2.75, 3.05) is 45.7 Å². The van der Waals surface area contributed by atoms with Crippen LogP contribution in [-0.4, -0.2) is 57.7 Å². The summed E-state index contributed by atoms with van der Waals surface area (Å²) in [7, 11) is 5.58. The van der Waals surface area contributed by atoms with Gasteiger partial charge in [0.05, 0.1) is 19.3 Å². The summed E-state index contributed by atoms with van der Waals surface area (Å²) in [6.45, 7) is 5.75. The second kappa shape index (κ2) is 11.0. The van der Waals surface area contributed by atoms with Crippen molar-refractivity contribution in [2.24, 2.45) is 4.99 Å². The van der Waals surface area contributed by atoms with E-state index in [2.05, 4.69) is 28.5 Å². The van der Waals surface area contributed by atoms with E-state index in [0.29, 0.717) is 24.7 Å². The quantitative estimate of drug-likeness (QED) is 0.500. The van der Waals surface area contributed by atoms with Crippen molar-refractivity contribution in [3.63, 3.8) is 0 Å². The number of guanidine groups is 1. The number of nitrogens with zero attached hydrogens (tertiary/aromatic N) is 3. The van der Waals surface area contributed by atoms with E-state index in [4.69, 9.17) is 9.73 Å². The monoisotopic (exact) mass is 427 g/mol. The highest BCUT2D eigenvalue weighted by Gasteiger charge is 2.25. The molecule has 1 aliphatic heterocycles. The van der Waals surface area contributed by atoms with Crippen molar-refractivity contribution >= 4 is 11.6 Å². The lowest BCUT2D eigenvalue weighted by Gasteiger charge is -2.22. The summed E-state index contributed by atoms with van der Waals surface area (Å²) in [5.41, 5.74) is 2.81. The molecule has 1 unspecified atom stereocenters. The normalized spacial score (nSPS) is 16.6. The molecule has 1 saturated heterocycles. The molecule has 6 nitrogen and oxygen atoms in total. The average Bonchev–Trinajstić information content (AvgIpc) is 3.22. The molecule has 1 heterocycles. The number of para-hydroxylation sites is 2. The van der Waals surface area contributed by atoms with Gasteiger partial charge >= 0.3 is 0 Å². The average molecular weight is 428 g/mol. The van der Waals surface area contributed by atoms with Crippen molar-refractivity contribution in [1.29, 1.82) is 0 Å². The fourth-order valence-corrected chi connectivity index (χ4v) is 3.86. The van der Waals surface area contributed by atoms with Crippen molar-refractivity contribution in [1.82, 2.24) is 15.5 Å². The van der Waals surface area contributed by atoms with Crippen LogP contribution in [0.4, 0.5) is 10.1 Å². The first-order valence-electron chi connectivity index (χ1n) is 10.8. The molecule has 2 aromatic rings. The number of hydrogen-bond acceptors (Lipinski definition) is 4. The number of aliphatic imine (C=N–C) groups is 1. The minimum absolute atomic E-state index is 0.172. The van der Waals surface area contributed by atoms with E-state index in [0.717, 1.165) is 49.0 Å². The highest BCUT2D eigenvalue weighted by molar-refractivity contribution is 5.80. The molecule has 2 N–H and O–H groups in total. The highest BCUT2D eigenvalue weighted by Crippen LogP contribution is 2.30. The Morgan fingerprint density at radius 3 is 2.81 bits per heavy atom. The Hall–Kier alpha value is -2.80. The van der Waals surface area contributed by atoms with Gasteiger partial charge in [-0.1, -0.05) is 18.2 Å². The first-order chi connectivity index (χ1) is 15.0. The number of rotatable bonds is 8. The Balaban J connectivity index is 1.64. The molecule has 0 aromatic heterocycles. The zero-order valence-electron chi connectivity index (χ0n) is 19.0. The van der Waals surface area contributed by atoms with Crippen LogP contribution < -0.4 is 20.3 Å². The first kappa shape index (κ1) is 22.9. The number of anilines is 1. The Kier molecular flexibility index (Phi) is 8.12. The zero-order chi connectivity index (χ0) is 22.2. The van der Waals surface area contributed by atoms with E-state index in [1.807, 2.05) is 43.3 Å². The van der Waals surface area contributed by atoms with Crippen LogP contribution in [0.2, 0.25) is 0 Å². The summed E-state index contributed by atoms with van der Waals surface area (Å²) < 4.78 is 19.6. The van der Waals surface area contributed by atoms with Gasteiger partial charge < -0.3 is 25.2 Å². The molecule has 2 aromatic carbocycles. The smallest absolute Gasteiger partial charge is 0.191 e. The SMILES string of the molecule is CCNC(=NCc1ccc(F)c(CN(C)C)c1)NC1CCN(c2ccccc2OC)C1. The van der Waals surface area contributed by atoms with Crippen molar-refractivity contribution < 1.29 is 9.13 Å². The Morgan fingerprint density at radius 2 is 2.06 bits per heavy atom. The third-order valence-corrected chi connectivity index (χ3v) is 5.32. The van der Waals surface area contributed by atoms with Crippen LogP contribution in [0.1, 0.15) is 24.5 Å². The molecule has 31 heavy (non-hydrogen) atoms. The molecule has 0 saturated carbocycles. The maximum atomic E-state index is 14.1. The minimum Gasteiger partial charge on any atom is -0.495 e. The molecule has 1 aliphatic rings. The van der Waals surface area contributed by atoms with Crippen molar-refractivity contribution in [2.45, 2.75) is 32.5 Å². The topological polar surface area (TPSA) is 52.1 Å². The van der Waals surface area contributed by atoms with Gasteiger partial charge in [0.15, 0.2) is 5.96 Å². The van der Waals surface area contributed by atoms with Crippen LogP contribution in [0.25, 0.3) is 0 Å². The van der Waals surface area contributed by atoms with Gasteiger partial charge in [-0.15, -0.1) is 0 Å². The van der Waals surface area contributed by atoms with Crippen LogP contribution in [0.5, 0.6) is 5.75 Å². The molecule has 1 fully saturated rings.